The van der Waals surface area contributed by atoms with Gasteiger partial charge in [-0.1, -0.05) is 12.1 Å². The summed E-state index contributed by atoms with van der Waals surface area (Å²) >= 11 is 0. The van der Waals surface area contributed by atoms with E-state index in [1.165, 1.54) is 13.0 Å². The van der Waals surface area contributed by atoms with E-state index in [0.717, 1.165) is 49.1 Å². The number of aromatic nitrogens is 2. The van der Waals surface area contributed by atoms with Crippen molar-refractivity contribution in [2.75, 3.05) is 32.8 Å². The van der Waals surface area contributed by atoms with Crippen LogP contribution in [-0.2, 0) is 4.74 Å². The molecule has 2 saturated heterocycles. The summed E-state index contributed by atoms with van der Waals surface area (Å²) < 4.78 is 5.43. The van der Waals surface area contributed by atoms with E-state index in [4.69, 9.17) is 9.72 Å². The molecule has 2 aliphatic heterocycles. The van der Waals surface area contributed by atoms with Crippen LogP contribution in [0.4, 0.5) is 0 Å². The maximum Gasteiger partial charge on any atom is 0.112 e. The third kappa shape index (κ3) is 2.15. The SMILES string of the molecule is c1ccc2[nH]c(C3CN(C[C@@H]4CCOC4)C3)nc2c1. The number of imidazole rings is 1. The van der Waals surface area contributed by atoms with Gasteiger partial charge in [0.1, 0.15) is 5.82 Å². The summed E-state index contributed by atoms with van der Waals surface area (Å²) in [6, 6.07) is 8.26. The third-order valence-corrected chi connectivity index (χ3v) is 4.29. The fraction of sp³-hybridized carbons (Fsp3) is 0.533. The second-order valence-corrected chi connectivity index (χ2v) is 5.78. The summed E-state index contributed by atoms with van der Waals surface area (Å²) in [4.78, 5) is 10.7. The number of ether oxygens (including phenoxy) is 1. The molecular weight excluding hydrogens is 238 g/mol. The van der Waals surface area contributed by atoms with Gasteiger partial charge in [0.25, 0.3) is 0 Å². The largest absolute Gasteiger partial charge is 0.381 e. The highest BCUT2D eigenvalue weighted by atomic mass is 16.5. The second kappa shape index (κ2) is 4.62. The molecule has 19 heavy (non-hydrogen) atoms. The first kappa shape index (κ1) is 11.4. The number of benzene rings is 1. The predicted octanol–water partition coefficient (Wildman–Crippen LogP) is 2.00. The van der Waals surface area contributed by atoms with Gasteiger partial charge in [-0.15, -0.1) is 0 Å². The van der Waals surface area contributed by atoms with Crippen LogP contribution in [0.2, 0.25) is 0 Å². The number of fused-ring (bicyclic) bond motifs is 1. The molecule has 0 unspecified atom stereocenters. The van der Waals surface area contributed by atoms with E-state index in [2.05, 4.69) is 28.1 Å². The summed E-state index contributed by atoms with van der Waals surface area (Å²) in [7, 11) is 0. The monoisotopic (exact) mass is 257 g/mol. The van der Waals surface area contributed by atoms with Crippen LogP contribution in [0.3, 0.4) is 0 Å². The molecule has 0 aliphatic carbocycles. The van der Waals surface area contributed by atoms with E-state index < -0.39 is 0 Å². The molecule has 2 fully saturated rings. The average Bonchev–Trinajstić information content (AvgIpc) is 3.01. The highest BCUT2D eigenvalue weighted by molar-refractivity contribution is 5.74. The Kier molecular flexibility index (Phi) is 2.78. The number of para-hydroxylation sites is 2. The minimum atomic E-state index is 0.578. The molecule has 1 N–H and O–H groups in total. The Hall–Kier alpha value is -1.39. The Balaban J connectivity index is 1.39. The quantitative estimate of drug-likeness (QED) is 0.914. The zero-order valence-electron chi connectivity index (χ0n) is 11.0. The van der Waals surface area contributed by atoms with Crippen LogP contribution >= 0.6 is 0 Å². The van der Waals surface area contributed by atoms with Crippen LogP contribution in [0.15, 0.2) is 24.3 Å². The van der Waals surface area contributed by atoms with Crippen molar-refractivity contribution in [1.82, 2.24) is 14.9 Å². The van der Waals surface area contributed by atoms with Crippen molar-refractivity contribution in [2.24, 2.45) is 5.92 Å². The number of nitrogens with zero attached hydrogens (tertiary/aromatic N) is 2. The van der Waals surface area contributed by atoms with E-state index in [1.807, 2.05) is 6.07 Å². The lowest BCUT2D eigenvalue weighted by atomic mass is 9.97. The molecule has 0 amide bonds. The summed E-state index contributed by atoms with van der Waals surface area (Å²) in [6.45, 7) is 5.36. The van der Waals surface area contributed by atoms with E-state index >= 15 is 0 Å². The maximum atomic E-state index is 5.43. The highest BCUT2D eigenvalue weighted by Crippen LogP contribution is 2.28. The summed E-state index contributed by atoms with van der Waals surface area (Å²) in [5.74, 6) is 2.48. The molecule has 1 aromatic heterocycles. The molecule has 2 aromatic rings. The molecular formula is C15H19N3O. The summed E-state index contributed by atoms with van der Waals surface area (Å²) in [5, 5.41) is 0. The molecule has 4 rings (SSSR count). The lowest BCUT2D eigenvalue weighted by Gasteiger charge is -2.39. The van der Waals surface area contributed by atoms with Crippen molar-refractivity contribution in [2.45, 2.75) is 12.3 Å². The zero-order valence-corrected chi connectivity index (χ0v) is 11.0. The first-order chi connectivity index (χ1) is 9.38. The molecule has 0 bridgehead atoms. The number of H-pyrrole nitrogens is 1. The Bertz CT molecular complexity index is 535. The topological polar surface area (TPSA) is 41.2 Å². The Morgan fingerprint density at radius 1 is 1.32 bits per heavy atom. The molecule has 0 radical (unpaired) electrons. The zero-order chi connectivity index (χ0) is 12.7. The average molecular weight is 257 g/mol. The number of nitrogens with one attached hydrogen (secondary N) is 1. The van der Waals surface area contributed by atoms with Gasteiger partial charge >= 0.3 is 0 Å². The van der Waals surface area contributed by atoms with Crippen molar-refractivity contribution < 1.29 is 4.74 Å². The molecule has 4 nitrogen and oxygen atoms in total. The minimum Gasteiger partial charge on any atom is -0.381 e. The fourth-order valence-corrected chi connectivity index (χ4v) is 3.15. The minimum absolute atomic E-state index is 0.578. The number of hydrogen-bond acceptors (Lipinski definition) is 3. The standard InChI is InChI=1S/C15H19N3O/c1-2-4-14-13(3-1)16-15(17-14)12-8-18(9-12)7-11-5-6-19-10-11/h1-4,11-12H,5-10H2,(H,16,17)/t11-/m0/s1. The molecule has 0 saturated carbocycles. The van der Waals surface area contributed by atoms with E-state index in [-0.39, 0.29) is 0 Å². The van der Waals surface area contributed by atoms with Gasteiger partial charge in [-0.25, -0.2) is 4.98 Å². The molecule has 4 heteroatoms. The first-order valence-electron chi connectivity index (χ1n) is 7.13. The van der Waals surface area contributed by atoms with Gasteiger partial charge in [0.2, 0.25) is 0 Å². The normalized spacial score (nSPS) is 24.9. The second-order valence-electron chi connectivity index (χ2n) is 5.78. The van der Waals surface area contributed by atoms with Gasteiger partial charge in [0.05, 0.1) is 17.6 Å². The first-order valence-corrected chi connectivity index (χ1v) is 7.13. The van der Waals surface area contributed by atoms with Gasteiger partial charge < -0.3 is 14.6 Å². The molecule has 1 aromatic carbocycles. The van der Waals surface area contributed by atoms with Crippen LogP contribution in [0.1, 0.15) is 18.2 Å². The van der Waals surface area contributed by atoms with Gasteiger partial charge in [-0.3, -0.25) is 0 Å². The molecule has 100 valence electrons. The van der Waals surface area contributed by atoms with Crippen LogP contribution in [0.5, 0.6) is 0 Å². The van der Waals surface area contributed by atoms with Gasteiger partial charge in [0.15, 0.2) is 0 Å². The Morgan fingerprint density at radius 2 is 2.21 bits per heavy atom. The Labute approximate surface area is 112 Å². The third-order valence-electron chi connectivity index (χ3n) is 4.29. The predicted molar refractivity (Wildman–Crippen MR) is 74.2 cm³/mol. The fourth-order valence-electron chi connectivity index (χ4n) is 3.15. The molecule has 3 heterocycles. The summed E-state index contributed by atoms with van der Waals surface area (Å²) in [6.07, 6.45) is 1.23. The van der Waals surface area contributed by atoms with Crippen molar-refractivity contribution in [3.05, 3.63) is 30.1 Å². The number of aromatic amines is 1. The lowest BCUT2D eigenvalue weighted by molar-refractivity contribution is 0.110. The van der Waals surface area contributed by atoms with Crippen LogP contribution in [-0.4, -0.2) is 47.7 Å². The molecule has 0 spiro atoms. The van der Waals surface area contributed by atoms with Crippen molar-refractivity contribution in [3.63, 3.8) is 0 Å². The van der Waals surface area contributed by atoms with E-state index in [0.29, 0.717) is 5.92 Å². The highest BCUT2D eigenvalue weighted by Gasteiger charge is 2.32. The van der Waals surface area contributed by atoms with Crippen molar-refractivity contribution in [3.8, 4) is 0 Å². The Morgan fingerprint density at radius 3 is 3.00 bits per heavy atom. The van der Waals surface area contributed by atoms with Crippen molar-refractivity contribution in [1.29, 1.82) is 0 Å². The number of hydrogen-bond donors (Lipinski definition) is 1. The van der Waals surface area contributed by atoms with Crippen LogP contribution in [0, 0.1) is 5.92 Å². The molecule has 2 aliphatic rings. The molecule has 1 atom stereocenters. The summed E-state index contributed by atoms with van der Waals surface area (Å²) in [5.41, 5.74) is 2.24. The number of rotatable bonds is 3. The van der Waals surface area contributed by atoms with Crippen LogP contribution in [0.25, 0.3) is 11.0 Å². The van der Waals surface area contributed by atoms with E-state index in [9.17, 15) is 0 Å². The number of likely N-dealkylation sites (tertiary alicyclic amines) is 1. The maximum absolute atomic E-state index is 5.43. The smallest absolute Gasteiger partial charge is 0.112 e. The lowest BCUT2D eigenvalue weighted by Crippen LogP contribution is -2.47. The van der Waals surface area contributed by atoms with Gasteiger partial charge in [-0.05, 0) is 24.5 Å². The van der Waals surface area contributed by atoms with E-state index in [1.54, 1.807) is 0 Å². The van der Waals surface area contributed by atoms with Gasteiger partial charge in [-0.2, -0.15) is 0 Å². The van der Waals surface area contributed by atoms with Crippen molar-refractivity contribution >= 4 is 11.0 Å². The van der Waals surface area contributed by atoms with Crippen LogP contribution < -0.4 is 0 Å². The van der Waals surface area contributed by atoms with Gasteiger partial charge in [0, 0.05) is 32.2 Å².